The molecule has 106 valence electrons. The number of hydrogen-bond donors (Lipinski definition) is 2. The molecule has 0 saturated heterocycles. The summed E-state index contributed by atoms with van der Waals surface area (Å²) in [5, 5.41) is 6.10. The summed E-state index contributed by atoms with van der Waals surface area (Å²) in [7, 11) is 0. The molecule has 0 bridgehead atoms. The Labute approximate surface area is 120 Å². The standard InChI is InChI=1S/C14H22ClN3O/c1-3-18(4-2)11-7-10-16-14(19)17-13-9-6-5-8-12(13)15/h5-6,8-9H,3-4,7,10-11H2,1-2H3,(H2,16,17,19). The predicted octanol–water partition coefficient (Wildman–Crippen LogP) is 3.19. The molecule has 2 N–H and O–H groups in total. The Balaban J connectivity index is 2.24. The largest absolute Gasteiger partial charge is 0.338 e. The third-order valence-corrected chi connectivity index (χ3v) is 3.28. The van der Waals surface area contributed by atoms with Crippen molar-refractivity contribution >= 4 is 23.3 Å². The second kappa shape index (κ2) is 8.77. The summed E-state index contributed by atoms with van der Waals surface area (Å²) in [4.78, 5) is 14.0. The molecule has 0 radical (unpaired) electrons. The summed E-state index contributed by atoms with van der Waals surface area (Å²) in [6.45, 7) is 8.03. The maximum absolute atomic E-state index is 11.7. The van der Waals surface area contributed by atoms with E-state index in [0.717, 1.165) is 26.1 Å². The van der Waals surface area contributed by atoms with Crippen LogP contribution in [-0.2, 0) is 0 Å². The number of carbonyl (C=O) groups excluding carboxylic acids is 1. The lowest BCUT2D eigenvalue weighted by molar-refractivity contribution is 0.250. The Kier molecular flexibility index (Phi) is 7.30. The molecule has 1 rings (SSSR count). The number of nitrogens with one attached hydrogen (secondary N) is 2. The smallest absolute Gasteiger partial charge is 0.319 e. The summed E-state index contributed by atoms with van der Waals surface area (Å²) >= 11 is 5.96. The first-order chi connectivity index (χ1) is 9.17. The average molecular weight is 284 g/mol. The van der Waals surface area contributed by atoms with E-state index in [1.807, 2.05) is 12.1 Å². The predicted molar refractivity (Wildman–Crippen MR) is 80.9 cm³/mol. The lowest BCUT2D eigenvalue weighted by Crippen LogP contribution is -2.32. The lowest BCUT2D eigenvalue weighted by atomic mass is 10.3. The van der Waals surface area contributed by atoms with Crippen molar-refractivity contribution in [1.29, 1.82) is 0 Å². The van der Waals surface area contributed by atoms with Crippen LogP contribution in [-0.4, -0.2) is 37.1 Å². The van der Waals surface area contributed by atoms with E-state index in [-0.39, 0.29) is 6.03 Å². The molecule has 0 heterocycles. The van der Waals surface area contributed by atoms with Crippen molar-refractivity contribution in [1.82, 2.24) is 10.2 Å². The molecule has 5 heteroatoms. The molecule has 0 unspecified atom stereocenters. The summed E-state index contributed by atoms with van der Waals surface area (Å²) in [5.74, 6) is 0. The molecular weight excluding hydrogens is 262 g/mol. The maximum atomic E-state index is 11.7. The van der Waals surface area contributed by atoms with Crippen molar-refractivity contribution in [2.45, 2.75) is 20.3 Å². The summed E-state index contributed by atoms with van der Waals surface area (Å²) in [6, 6.07) is 6.97. The first-order valence-electron chi connectivity index (χ1n) is 6.69. The SMILES string of the molecule is CCN(CC)CCCNC(=O)Nc1ccccc1Cl. The Morgan fingerprint density at radius 2 is 1.95 bits per heavy atom. The van der Waals surface area contributed by atoms with Gasteiger partial charge in [-0.25, -0.2) is 4.79 Å². The quantitative estimate of drug-likeness (QED) is 0.755. The summed E-state index contributed by atoms with van der Waals surface area (Å²) in [6.07, 6.45) is 0.942. The van der Waals surface area contributed by atoms with Crippen LogP contribution in [0.5, 0.6) is 0 Å². The van der Waals surface area contributed by atoms with Crippen molar-refractivity contribution in [2.75, 3.05) is 31.5 Å². The topological polar surface area (TPSA) is 44.4 Å². The number of para-hydroxylation sites is 1. The number of amides is 2. The number of halogens is 1. The van der Waals surface area contributed by atoms with Gasteiger partial charge in [0.1, 0.15) is 0 Å². The Hall–Kier alpha value is -1.26. The fourth-order valence-electron chi connectivity index (χ4n) is 1.77. The Morgan fingerprint density at radius 3 is 2.58 bits per heavy atom. The molecule has 2 amide bonds. The van der Waals surface area contributed by atoms with E-state index in [9.17, 15) is 4.79 Å². The fraction of sp³-hybridized carbons (Fsp3) is 0.500. The molecule has 1 aromatic rings. The summed E-state index contributed by atoms with van der Waals surface area (Å²) < 4.78 is 0. The van der Waals surface area contributed by atoms with E-state index >= 15 is 0 Å². The number of benzene rings is 1. The lowest BCUT2D eigenvalue weighted by Gasteiger charge is -2.17. The van der Waals surface area contributed by atoms with Crippen LogP contribution in [0.2, 0.25) is 5.02 Å². The van der Waals surface area contributed by atoms with Crippen LogP contribution in [0.15, 0.2) is 24.3 Å². The fourth-order valence-corrected chi connectivity index (χ4v) is 1.96. The number of carbonyl (C=O) groups is 1. The molecule has 0 aliphatic rings. The monoisotopic (exact) mass is 283 g/mol. The average Bonchev–Trinajstić information content (AvgIpc) is 2.42. The third kappa shape index (κ3) is 5.94. The molecule has 0 aromatic heterocycles. The van der Waals surface area contributed by atoms with E-state index < -0.39 is 0 Å². The van der Waals surface area contributed by atoms with Crippen molar-refractivity contribution in [3.05, 3.63) is 29.3 Å². The molecule has 0 atom stereocenters. The van der Waals surface area contributed by atoms with E-state index in [2.05, 4.69) is 29.4 Å². The number of anilines is 1. The zero-order chi connectivity index (χ0) is 14.1. The summed E-state index contributed by atoms with van der Waals surface area (Å²) in [5.41, 5.74) is 0.630. The van der Waals surface area contributed by atoms with Crippen LogP contribution in [0.3, 0.4) is 0 Å². The van der Waals surface area contributed by atoms with Gasteiger partial charge in [0.25, 0.3) is 0 Å². The van der Waals surface area contributed by atoms with Crippen molar-refractivity contribution in [3.8, 4) is 0 Å². The molecular formula is C14H22ClN3O. The first-order valence-corrected chi connectivity index (χ1v) is 7.06. The highest BCUT2D eigenvalue weighted by atomic mass is 35.5. The highest BCUT2D eigenvalue weighted by Crippen LogP contribution is 2.19. The molecule has 0 aliphatic carbocycles. The minimum absolute atomic E-state index is 0.215. The van der Waals surface area contributed by atoms with Gasteiger partial charge in [0.05, 0.1) is 10.7 Å². The Bertz CT molecular complexity index is 394. The van der Waals surface area contributed by atoms with E-state index in [0.29, 0.717) is 17.3 Å². The number of urea groups is 1. The second-order valence-electron chi connectivity index (χ2n) is 4.24. The molecule has 0 fully saturated rings. The van der Waals surface area contributed by atoms with Gasteiger partial charge in [-0.3, -0.25) is 0 Å². The number of hydrogen-bond acceptors (Lipinski definition) is 2. The van der Waals surface area contributed by atoms with Crippen molar-refractivity contribution < 1.29 is 4.79 Å². The van der Waals surface area contributed by atoms with Gasteiger partial charge in [0, 0.05) is 6.54 Å². The number of rotatable bonds is 7. The van der Waals surface area contributed by atoms with Crippen LogP contribution < -0.4 is 10.6 Å². The van der Waals surface area contributed by atoms with Crippen LogP contribution in [0, 0.1) is 0 Å². The van der Waals surface area contributed by atoms with Gasteiger partial charge in [0.2, 0.25) is 0 Å². The molecule has 0 saturated carbocycles. The van der Waals surface area contributed by atoms with Crippen LogP contribution >= 0.6 is 11.6 Å². The van der Waals surface area contributed by atoms with Gasteiger partial charge in [-0.15, -0.1) is 0 Å². The molecule has 4 nitrogen and oxygen atoms in total. The highest BCUT2D eigenvalue weighted by molar-refractivity contribution is 6.33. The molecule has 0 spiro atoms. The van der Waals surface area contributed by atoms with E-state index in [1.165, 1.54) is 0 Å². The van der Waals surface area contributed by atoms with Gasteiger partial charge < -0.3 is 15.5 Å². The van der Waals surface area contributed by atoms with Gasteiger partial charge in [-0.05, 0) is 38.2 Å². The molecule has 0 aliphatic heterocycles. The Morgan fingerprint density at radius 1 is 1.26 bits per heavy atom. The zero-order valence-electron chi connectivity index (χ0n) is 11.6. The maximum Gasteiger partial charge on any atom is 0.319 e. The molecule has 1 aromatic carbocycles. The zero-order valence-corrected chi connectivity index (χ0v) is 12.3. The normalized spacial score (nSPS) is 10.5. The number of nitrogens with zero attached hydrogens (tertiary/aromatic N) is 1. The minimum atomic E-state index is -0.215. The van der Waals surface area contributed by atoms with E-state index in [1.54, 1.807) is 12.1 Å². The minimum Gasteiger partial charge on any atom is -0.338 e. The van der Waals surface area contributed by atoms with Crippen LogP contribution in [0.1, 0.15) is 20.3 Å². The van der Waals surface area contributed by atoms with Gasteiger partial charge in [-0.2, -0.15) is 0 Å². The first kappa shape index (κ1) is 15.8. The molecule has 19 heavy (non-hydrogen) atoms. The third-order valence-electron chi connectivity index (χ3n) is 2.95. The highest BCUT2D eigenvalue weighted by Gasteiger charge is 2.04. The van der Waals surface area contributed by atoms with Gasteiger partial charge in [0.15, 0.2) is 0 Å². The van der Waals surface area contributed by atoms with E-state index in [4.69, 9.17) is 11.6 Å². The van der Waals surface area contributed by atoms with Crippen molar-refractivity contribution in [2.24, 2.45) is 0 Å². The van der Waals surface area contributed by atoms with Crippen LogP contribution in [0.25, 0.3) is 0 Å². The van der Waals surface area contributed by atoms with Gasteiger partial charge in [-0.1, -0.05) is 37.6 Å². The van der Waals surface area contributed by atoms with Gasteiger partial charge >= 0.3 is 6.03 Å². The van der Waals surface area contributed by atoms with Crippen LogP contribution in [0.4, 0.5) is 10.5 Å². The second-order valence-corrected chi connectivity index (χ2v) is 4.65. The van der Waals surface area contributed by atoms with Crippen molar-refractivity contribution in [3.63, 3.8) is 0 Å².